The number of nitrogens with one attached hydrogen (secondary N) is 1. The molecule has 0 bridgehead atoms. The molecule has 27 heavy (non-hydrogen) atoms. The largest absolute Gasteiger partial charge is 0.370 e. The van der Waals surface area contributed by atoms with E-state index in [4.69, 9.17) is 10.3 Å². The molecule has 0 fully saturated rings. The molecule has 0 aliphatic heterocycles. The Labute approximate surface area is 158 Å². The highest BCUT2D eigenvalue weighted by molar-refractivity contribution is 5.90. The van der Waals surface area contributed by atoms with Gasteiger partial charge in [-0.15, -0.1) is 0 Å². The average molecular weight is 366 g/mol. The lowest BCUT2D eigenvalue weighted by Gasteiger charge is -2.23. The maximum absolute atomic E-state index is 14.8. The summed E-state index contributed by atoms with van der Waals surface area (Å²) in [6, 6.07) is 16.5. The fourth-order valence-corrected chi connectivity index (χ4v) is 2.87. The van der Waals surface area contributed by atoms with Crippen molar-refractivity contribution >= 4 is 11.8 Å². The lowest BCUT2D eigenvalue weighted by atomic mass is 9.81. The monoisotopic (exact) mass is 366 g/mol. The molecule has 3 rings (SSSR count). The Morgan fingerprint density at radius 3 is 2.59 bits per heavy atom. The summed E-state index contributed by atoms with van der Waals surface area (Å²) in [5.41, 5.74) is 8.08. The molecule has 3 aromatic rings. The predicted octanol–water partition coefficient (Wildman–Crippen LogP) is 4.55. The minimum atomic E-state index is -0.545. The van der Waals surface area contributed by atoms with Gasteiger partial charge in [0, 0.05) is 23.6 Å². The van der Waals surface area contributed by atoms with E-state index in [0.29, 0.717) is 23.7 Å². The minimum Gasteiger partial charge on any atom is -0.370 e. The second-order valence-corrected chi connectivity index (χ2v) is 6.75. The van der Waals surface area contributed by atoms with Crippen LogP contribution in [0.4, 0.5) is 10.3 Å². The Balaban J connectivity index is 1.88. The molecule has 140 valence electrons. The van der Waals surface area contributed by atoms with E-state index in [1.165, 1.54) is 0 Å². The minimum absolute atomic E-state index is 0.260. The molecule has 1 heterocycles. The van der Waals surface area contributed by atoms with E-state index in [-0.39, 0.29) is 11.8 Å². The van der Waals surface area contributed by atoms with Crippen LogP contribution in [-0.2, 0) is 5.41 Å². The van der Waals surface area contributed by atoms with Crippen molar-refractivity contribution in [2.24, 2.45) is 10.7 Å². The molecule has 0 radical (unpaired) electrons. The predicted molar refractivity (Wildman–Crippen MR) is 106 cm³/mol. The molecule has 0 atom stereocenters. The van der Waals surface area contributed by atoms with Gasteiger partial charge in [-0.25, -0.2) is 4.39 Å². The van der Waals surface area contributed by atoms with Crippen LogP contribution in [0.25, 0.3) is 11.1 Å². The molecule has 2 aromatic carbocycles. The Kier molecular flexibility index (Phi) is 5.26. The number of nitrogens with zero attached hydrogens (tertiary/aromatic N) is 2. The van der Waals surface area contributed by atoms with Gasteiger partial charge in [0.15, 0.2) is 5.96 Å². The van der Waals surface area contributed by atoms with Crippen molar-refractivity contribution in [3.8, 4) is 11.1 Å². The molecule has 1 aromatic heterocycles. The Hall–Kier alpha value is -3.15. The van der Waals surface area contributed by atoms with Gasteiger partial charge in [-0.3, -0.25) is 10.3 Å². The Morgan fingerprint density at radius 1 is 1.19 bits per heavy atom. The number of aliphatic imine (C=N–C) groups is 1. The number of aromatic nitrogens is 1. The molecule has 0 aliphatic rings. The molecule has 5 nitrogen and oxygen atoms in total. The number of benzene rings is 2. The number of hydrogen-bond donors (Lipinski definition) is 2. The number of rotatable bonds is 5. The first-order valence-electron chi connectivity index (χ1n) is 8.81. The molecule has 6 heteroatoms. The molecule has 0 aliphatic carbocycles. The SMILES string of the molecule is CCN=C(N)Nc1cc(C(C)(C)c2ccc(-c3ccccc3)c(F)c2)no1. The van der Waals surface area contributed by atoms with Gasteiger partial charge in [-0.05, 0) is 24.1 Å². The lowest BCUT2D eigenvalue weighted by molar-refractivity contribution is 0.410. The summed E-state index contributed by atoms with van der Waals surface area (Å²) in [5.74, 6) is 0.387. The third-order valence-corrected chi connectivity index (χ3v) is 4.51. The highest BCUT2D eigenvalue weighted by atomic mass is 19.1. The van der Waals surface area contributed by atoms with Crippen molar-refractivity contribution < 1.29 is 8.91 Å². The average Bonchev–Trinajstić information content (AvgIpc) is 3.11. The molecule has 0 spiro atoms. The maximum atomic E-state index is 14.8. The molecule has 0 saturated heterocycles. The van der Waals surface area contributed by atoms with Gasteiger partial charge >= 0.3 is 0 Å². The normalized spacial score (nSPS) is 12.2. The summed E-state index contributed by atoms with van der Waals surface area (Å²) in [6.45, 7) is 6.39. The molecule has 3 N–H and O–H groups in total. The second kappa shape index (κ2) is 7.61. The van der Waals surface area contributed by atoms with Crippen LogP contribution in [0.2, 0.25) is 0 Å². The van der Waals surface area contributed by atoms with Gasteiger partial charge in [0.05, 0.1) is 5.69 Å². The van der Waals surface area contributed by atoms with Crippen LogP contribution in [0.5, 0.6) is 0 Å². The Bertz CT molecular complexity index is 948. The van der Waals surface area contributed by atoms with E-state index in [1.807, 2.05) is 57.2 Å². The van der Waals surface area contributed by atoms with Crippen molar-refractivity contribution in [1.29, 1.82) is 0 Å². The van der Waals surface area contributed by atoms with Gasteiger partial charge in [0.1, 0.15) is 5.82 Å². The van der Waals surface area contributed by atoms with Crippen molar-refractivity contribution in [2.45, 2.75) is 26.2 Å². The van der Waals surface area contributed by atoms with Crippen molar-refractivity contribution in [3.63, 3.8) is 0 Å². The first-order chi connectivity index (χ1) is 12.9. The standard InChI is InChI=1S/C21H23FN4O/c1-4-24-20(23)25-19-13-18(26-27-19)21(2,3)15-10-11-16(17(22)12-15)14-8-6-5-7-9-14/h5-13H,4H2,1-3H3,(H3,23,24,25). The zero-order valence-electron chi connectivity index (χ0n) is 15.7. The van der Waals surface area contributed by atoms with E-state index < -0.39 is 5.41 Å². The topological polar surface area (TPSA) is 76.4 Å². The van der Waals surface area contributed by atoms with Crippen LogP contribution in [-0.4, -0.2) is 17.7 Å². The first kappa shape index (κ1) is 18.6. The summed E-state index contributed by atoms with van der Waals surface area (Å²) < 4.78 is 20.1. The zero-order chi connectivity index (χ0) is 19.4. The molecule has 0 unspecified atom stereocenters. The third kappa shape index (κ3) is 4.00. The van der Waals surface area contributed by atoms with Crippen LogP contribution in [0.3, 0.4) is 0 Å². The van der Waals surface area contributed by atoms with Crippen LogP contribution in [0.15, 0.2) is 64.1 Å². The molecule has 0 amide bonds. The van der Waals surface area contributed by atoms with Gasteiger partial charge in [-0.2, -0.15) is 0 Å². The number of guanidine groups is 1. The zero-order valence-corrected chi connectivity index (χ0v) is 15.7. The van der Waals surface area contributed by atoms with Gasteiger partial charge < -0.3 is 10.3 Å². The maximum Gasteiger partial charge on any atom is 0.231 e. The van der Waals surface area contributed by atoms with Crippen molar-refractivity contribution in [1.82, 2.24) is 5.16 Å². The van der Waals surface area contributed by atoms with E-state index in [9.17, 15) is 4.39 Å². The van der Waals surface area contributed by atoms with Crippen molar-refractivity contribution in [2.75, 3.05) is 11.9 Å². The van der Waals surface area contributed by atoms with Gasteiger partial charge in [-0.1, -0.05) is 61.5 Å². The Morgan fingerprint density at radius 2 is 1.93 bits per heavy atom. The van der Waals surface area contributed by atoms with Gasteiger partial charge in [0.2, 0.25) is 5.88 Å². The number of halogens is 1. The van der Waals surface area contributed by atoms with Crippen LogP contribution < -0.4 is 11.1 Å². The van der Waals surface area contributed by atoms with Gasteiger partial charge in [0.25, 0.3) is 0 Å². The highest BCUT2D eigenvalue weighted by Crippen LogP contribution is 2.34. The quantitative estimate of drug-likeness (QED) is 0.513. The summed E-state index contributed by atoms with van der Waals surface area (Å²) >= 11 is 0. The molecular formula is C21H23FN4O. The third-order valence-electron chi connectivity index (χ3n) is 4.51. The number of nitrogens with two attached hydrogens (primary N) is 1. The van der Waals surface area contributed by atoms with Crippen LogP contribution >= 0.6 is 0 Å². The lowest BCUT2D eigenvalue weighted by Crippen LogP contribution is -2.22. The fourth-order valence-electron chi connectivity index (χ4n) is 2.87. The highest BCUT2D eigenvalue weighted by Gasteiger charge is 2.28. The smallest absolute Gasteiger partial charge is 0.231 e. The van der Waals surface area contributed by atoms with E-state index >= 15 is 0 Å². The first-order valence-corrected chi connectivity index (χ1v) is 8.81. The number of anilines is 1. The van der Waals surface area contributed by atoms with E-state index in [2.05, 4.69) is 15.5 Å². The summed E-state index contributed by atoms with van der Waals surface area (Å²) in [6.07, 6.45) is 0. The van der Waals surface area contributed by atoms with Crippen LogP contribution in [0.1, 0.15) is 32.0 Å². The van der Waals surface area contributed by atoms with Crippen molar-refractivity contribution in [3.05, 3.63) is 71.7 Å². The number of hydrogen-bond acceptors (Lipinski definition) is 3. The summed E-state index contributed by atoms with van der Waals surface area (Å²) in [7, 11) is 0. The summed E-state index contributed by atoms with van der Waals surface area (Å²) in [4.78, 5) is 4.05. The second-order valence-electron chi connectivity index (χ2n) is 6.75. The van der Waals surface area contributed by atoms with E-state index in [1.54, 1.807) is 18.2 Å². The fraction of sp³-hybridized carbons (Fsp3) is 0.238. The molecular weight excluding hydrogens is 343 g/mol. The summed E-state index contributed by atoms with van der Waals surface area (Å²) in [5, 5.41) is 6.97. The van der Waals surface area contributed by atoms with Crippen LogP contribution in [0, 0.1) is 5.82 Å². The van der Waals surface area contributed by atoms with E-state index in [0.717, 1.165) is 11.1 Å². The molecule has 0 saturated carbocycles.